The fourth-order valence-electron chi connectivity index (χ4n) is 29.5. The molecule has 18 rings (SSSR count). The molecule has 0 radical (unpaired) electrons. The number of hydrogen-bond donors (Lipinski definition) is 0. The Kier molecular flexibility index (Phi) is 44.8. The lowest BCUT2D eigenvalue weighted by molar-refractivity contribution is -0.122. The zero-order valence-electron chi connectivity index (χ0n) is 91.1. The van der Waals surface area contributed by atoms with Crippen molar-refractivity contribution < 1.29 is 0 Å². The molecule has 0 heterocycles. The highest BCUT2D eigenvalue weighted by Crippen LogP contribution is 2.73. The summed E-state index contributed by atoms with van der Waals surface area (Å²) in [5.41, 5.74) is 7.93. The molecule has 0 N–H and O–H groups in total. The standard InChI is InChI=1S/C16H26.C14H24.C14H26.C14H28.C11H20.C10H20.C9H18.2C8H16.C7H14.C6H14.C5H12/c1-9(2)16(3)8-12-7-13(16)15-11-5-4-10(6-11)14(12)15;1-9(2)14(3)12-5-10-4-11(7-12)8-13(14)6-10;1-11(2)14(3)9-8-12-6-4-5-7-13(12)10-14;1-14(2)12-10-8-6-4-3-5-7-9-11-13-14;1-8(2)11(3)7-9-4-5-10(11)6-9;1-9(2)10(3)7-5-4-6-8-10;1-8(2)9(3)6-4-5-7-9;1-8(2)6-4-3-5-7-8;1-3-8(2)6-4-5-7-8;1-7(2)5-3-4-6-7;1-5-6(2,3)4;1-5(2,3)4/h9-15H,4-8H2,1-3H3;9-13H,4-8H2,1-3H3;11-13H,4-10H2,1-3H3;3-13H2,1-2H3;8-10H,4-7H2,1-3H3;9H,4-8H2,1-3H3;8H,4-7H2,1-3H3;2*3-7H2,1-2H3;3-6H2,1-2H3;5H2,1-4H3;1-4H3. The maximum Gasteiger partial charge on any atom is -0.0246 e. The van der Waals surface area contributed by atoms with Crippen molar-refractivity contribution in [2.75, 3.05) is 0 Å². The molecule has 0 nitrogen and oxygen atoms in total. The highest BCUT2D eigenvalue weighted by molar-refractivity contribution is 5.15. The van der Waals surface area contributed by atoms with Crippen LogP contribution in [0.25, 0.3) is 0 Å². The fraction of sp³-hybridized carbons (Fsp3) is 1.00. The predicted molar refractivity (Wildman–Crippen MR) is 550 cm³/mol. The third kappa shape index (κ3) is 34.2. The molecule has 122 heavy (non-hydrogen) atoms. The van der Waals surface area contributed by atoms with Crippen LogP contribution < -0.4 is 0 Å². The minimum Gasteiger partial charge on any atom is -0.0649 e. The van der Waals surface area contributed by atoms with Crippen LogP contribution in [0.1, 0.15) is 595 Å². The third-order valence-corrected chi connectivity index (χ3v) is 41.5. The molecule has 722 valence electrons. The van der Waals surface area contributed by atoms with Gasteiger partial charge in [0, 0.05) is 0 Å². The summed E-state index contributed by atoms with van der Waals surface area (Å²) >= 11 is 0. The van der Waals surface area contributed by atoms with Gasteiger partial charge in [-0.2, -0.15) is 0 Å². The average molecular weight is 1700 g/mol. The Morgan fingerprint density at radius 1 is 0.254 bits per heavy atom. The lowest BCUT2D eigenvalue weighted by Gasteiger charge is -2.62. The fourth-order valence-corrected chi connectivity index (χ4v) is 29.5. The second-order valence-electron chi connectivity index (χ2n) is 57.0. The largest absolute Gasteiger partial charge is 0.0649 e. The van der Waals surface area contributed by atoms with Gasteiger partial charge in [-0.15, -0.1) is 0 Å². The lowest BCUT2D eigenvalue weighted by Crippen LogP contribution is -2.53. The minimum atomic E-state index is 0.500. The Labute approximate surface area is 773 Å². The van der Waals surface area contributed by atoms with E-state index in [-0.39, 0.29) is 0 Å². The normalized spacial score (nSPS) is 37.2. The quantitative estimate of drug-likeness (QED) is 0.223. The number of fused-ring (bicyclic) bond motifs is 12. The van der Waals surface area contributed by atoms with E-state index in [0.29, 0.717) is 59.6 Å². The van der Waals surface area contributed by atoms with Crippen LogP contribution in [0.2, 0.25) is 0 Å². The van der Waals surface area contributed by atoms with Crippen LogP contribution in [-0.2, 0) is 0 Å². The molecule has 0 saturated heterocycles. The summed E-state index contributed by atoms with van der Waals surface area (Å²) in [5, 5.41) is 0. The van der Waals surface area contributed by atoms with E-state index in [0.717, 1.165) is 106 Å². The van der Waals surface area contributed by atoms with Gasteiger partial charge < -0.3 is 0 Å². The van der Waals surface area contributed by atoms with E-state index >= 15 is 0 Å². The Hall–Kier alpha value is 0. The average Bonchev–Trinajstić information content (AvgIpc) is 1.49. The van der Waals surface area contributed by atoms with Gasteiger partial charge in [0.25, 0.3) is 0 Å². The molecule has 18 fully saturated rings. The van der Waals surface area contributed by atoms with Gasteiger partial charge in [0.15, 0.2) is 0 Å². The maximum absolute atomic E-state index is 2.62. The summed E-state index contributed by atoms with van der Waals surface area (Å²) in [5.74, 6) is 21.1. The van der Waals surface area contributed by atoms with E-state index in [2.05, 4.69) is 235 Å². The Balaban J connectivity index is 0.000000209. The molecule has 0 aromatic heterocycles. The first-order valence-electron chi connectivity index (χ1n) is 56.7. The van der Waals surface area contributed by atoms with Crippen LogP contribution >= 0.6 is 0 Å². The summed E-state index contributed by atoms with van der Waals surface area (Å²) in [6.45, 7) is 80.9. The van der Waals surface area contributed by atoms with Crippen LogP contribution in [0.3, 0.4) is 0 Å². The molecule has 0 amide bonds. The second kappa shape index (κ2) is 49.3. The van der Waals surface area contributed by atoms with Crippen molar-refractivity contribution in [3.05, 3.63) is 0 Å². The summed E-state index contributed by atoms with van der Waals surface area (Å²) in [7, 11) is 0. The Morgan fingerprint density at radius 2 is 0.598 bits per heavy atom. The Bertz CT molecular complexity index is 2710. The van der Waals surface area contributed by atoms with E-state index in [1.165, 1.54) is 300 Å². The highest BCUT2D eigenvalue weighted by Gasteiger charge is 2.66. The van der Waals surface area contributed by atoms with Crippen molar-refractivity contribution in [3.8, 4) is 0 Å². The zero-order valence-corrected chi connectivity index (χ0v) is 91.1. The number of hydrogen-bond acceptors (Lipinski definition) is 0. The first-order chi connectivity index (χ1) is 56.7. The van der Waals surface area contributed by atoms with Crippen LogP contribution in [-0.4, -0.2) is 0 Å². The summed E-state index contributed by atoms with van der Waals surface area (Å²) in [6, 6.07) is 0. The van der Waals surface area contributed by atoms with Crippen molar-refractivity contribution in [1.29, 1.82) is 0 Å². The van der Waals surface area contributed by atoms with Gasteiger partial charge in [-0.3, -0.25) is 0 Å². The number of rotatable bonds is 7. The van der Waals surface area contributed by atoms with Crippen LogP contribution in [0.5, 0.6) is 0 Å². The molecule has 18 saturated carbocycles. The van der Waals surface area contributed by atoms with E-state index < -0.39 is 0 Å². The lowest BCUT2D eigenvalue weighted by atomic mass is 9.43. The van der Waals surface area contributed by atoms with Crippen molar-refractivity contribution in [1.82, 2.24) is 0 Å². The van der Waals surface area contributed by atoms with Gasteiger partial charge in [0.2, 0.25) is 0 Å². The first kappa shape index (κ1) is 111. The van der Waals surface area contributed by atoms with Crippen molar-refractivity contribution in [2.24, 2.45) is 183 Å². The molecule has 10 bridgehead atoms. The SMILES string of the molecule is CC(C)(C)C.CC(C)C1(C)C2CC3CC(C2)CC1C3.CC(C)C1(C)CC2CC1C1C3CCC(C3)C21.CC(C)C1(C)CC2CCC1C2.CC(C)C1(C)CCC2CCCCC2C1.CC(C)C1(C)CCCC1.CC(C)C1(C)CCCCC1.CC1(C)CCCC1.CC1(C)CCCCC1.CC1(C)CCCCCCCCCCC1.CCC(C)(C)C.CCC1(C)CCCC1. The molecule has 13 atom stereocenters. The van der Waals surface area contributed by atoms with Crippen molar-refractivity contribution >= 4 is 0 Å². The molecule has 0 aliphatic heterocycles. The van der Waals surface area contributed by atoms with E-state index in [9.17, 15) is 0 Å². The summed E-state index contributed by atoms with van der Waals surface area (Å²) in [6.07, 6.45) is 83.7. The van der Waals surface area contributed by atoms with Gasteiger partial charge in [0.05, 0.1) is 0 Å². The molecule has 0 spiro atoms. The van der Waals surface area contributed by atoms with Gasteiger partial charge in [-0.05, 0) is 363 Å². The molecule has 0 aromatic rings. The van der Waals surface area contributed by atoms with E-state index in [1.54, 1.807) is 77.0 Å². The molecule has 0 aromatic carbocycles. The molecular weight excluding hydrogens is 1470 g/mol. The van der Waals surface area contributed by atoms with Crippen LogP contribution in [0, 0.1) is 183 Å². The predicted octanol–water partition coefficient (Wildman–Crippen LogP) is 41.8. The maximum atomic E-state index is 2.62. The Morgan fingerprint density at radius 3 is 0.918 bits per heavy atom. The summed E-state index contributed by atoms with van der Waals surface area (Å²) in [4.78, 5) is 0. The van der Waals surface area contributed by atoms with Crippen LogP contribution in [0.15, 0.2) is 0 Å². The van der Waals surface area contributed by atoms with E-state index in [1.807, 2.05) is 0 Å². The molecule has 0 heteroatoms. The van der Waals surface area contributed by atoms with Crippen molar-refractivity contribution in [2.45, 2.75) is 595 Å². The van der Waals surface area contributed by atoms with E-state index in [4.69, 9.17) is 0 Å². The topological polar surface area (TPSA) is 0 Å². The van der Waals surface area contributed by atoms with Crippen molar-refractivity contribution in [3.63, 3.8) is 0 Å². The van der Waals surface area contributed by atoms with Gasteiger partial charge in [0.1, 0.15) is 0 Å². The van der Waals surface area contributed by atoms with Crippen LogP contribution in [0.4, 0.5) is 0 Å². The molecular formula is C122H234. The monoisotopic (exact) mass is 1700 g/mol. The smallest absolute Gasteiger partial charge is 0.0246 e. The molecule has 18 aliphatic rings. The molecule has 13 unspecified atom stereocenters. The van der Waals surface area contributed by atoms with Gasteiger partial charge in [-0.25, -0.2) is 0 Å². The van der Waals surface area contributed by atoms with Gasteiger partial charge in [-0.1, -0.05) is 415 Å². The highest BCUT2D eigenvalue weighted by atomic mass is 14.7. The second-order valence-corrected chi connectivity index (χ2v) is 57.0. The third-order valence-electron chi connectivity index (χ3n) is 41.5. The van der Waals surface area contributed by atoms with Gasteiger partial charge >= 0.3 is 0 Å². The molecule has 18 aliphatic carbocycles. The minimum absolute atomic E-state index is 0.500. The zero-order chi connectivity index (χ0) is 91.1. The summed E-state index contributed by atoms with van der Waals surface area (Å²) < 4.78 is 0. The first-order valence-corrected chi connectivity index (χ1v) is 56.7.